The molecule has 1 N–H and O–H groups in total. The minimum Gasteiger partial charge on any atom is -0.481 e. The Morgan fingerprint density at radius 2 is 2.16 bits per heavy atom. The zero-order chi connectivity index (χ0) is 14.4. The number of nitrogens with zero attached hydrogens (tertiary/aromatic N) is 3. The Morgan fingerprint density at radius 1 is 1.47 bits per heavy atom. The van der Waals surface area contributed by atoms with Crippen molar-refractivity contribution in [1.29, 1.82) is 0 Å². The maximum Gasteiger partial charge on any atom is 0.313 e. The van der Waals surface area contributed by atoms with Crippen molar-refractivity contribution in [3.63, 3.8) is 0 Å². The molecule has 19 heavy (non-hydrogen) atoms. The van der Waals surface area contributed by atoms with Gasteiger partial charge in [-0.3, -0.25) is 9.00 Å². The van der Waals surface area contributed by atoms with E-state index in [-0.39, 0.29) is 11.7 Å². The summed E-state index contributed by atoms with van der Waals surface area (Å²) in [6.07, 6.45) is 0. The molecule has 6 nitrogen and oxygen atoms in total. The minimum atomic E-state index is -0.886. The minimum absolute atomic E-state index is 0.0485. The summed E-state index contributed by atoms with van der Waals surface area (Å²) in [5.41, 5.74) is 0. The second kappa shape index (κ2) is 7.64. The highest BCUT2D eigenvalue weighted by Gasteiger charge is 2.16. The van der Waals surface area contributed by atoms with E-state index >= 15 is 0 Å². The molecule has 1 atom stereocenters. The maximum absolute atomic E-state index is 11.5. The van der Waals surface area contributed by atoms with E-state index in [1.165, 1.54) is 0 Å². The van der Waals surface area contributed by atoms with E-state index in [1.807, 2.05) is 25.3 Å². The molecule has 0 saturated carbocycles. The lowest BCUT2D eigenvalue weighted by Gasteiger charge is -2.11. The van der Waals surface area contributed by atoms with Crippen molar-refractivity contribution in [1.82, 2.24) is 14.8 Å². The lowest BCUT2D eigenvalue weighted by atomic mass is 10.2. The average Bonchev–Trinajstić information content (AvgIpc) is 2.76. The molecule has 0 saturated heterocycles. The Hall–Kier alpha value is -0.890. The summed E-state index contributed by atoms with van der Waals surface area (Å²) in [5.74, 6) is 1.23. The summed E-state index contributed by atoms with van der Waals surface area (Å²) in [7, 11) is -0.856. The first kappa shape index (κ1) is 16.2. The van der Waals surface area contributed by atoms with Crippen molar-refractivity contribution in [2.24, 2.45) is 0 Å². The quantitative estimate of drug-likeness (QED) is 0.730. The molecule has 0 bridgehead atoms. The number of carbonyl (C=O) groups is 1. The molecule has 0 aromatic carbocycles. The van der Waals surface area contributed by atoms with Crippen LogP contribution in [0.15, 0.2) is 5.16 Å². The molecule has 0 fully saturated rings. The number of thioether (sulfide) groups is 1. The average molecular weight is 305 g/mol. The Kier molecular flexibility index (Phi) is 6.50. The van der Waals surface area contributed by atoms with Crippen LogP contribution in [0, 0.1) is 0 Å². The summed E-state index contributed by atoms with van der Waals surface area (Å²) in [6.45, 7) is 6.44. The van der Waals surface area contributed by atoms with Gasteiger partial charge >= 0.3 is 5.97 Å². The third-order valence-electron chi connectivity index (χ3n) is 2.45. The van der Waals surface area contributed by atoms with Crippen molar-refractivity contribution in [3.8, 4) is 0 Å². The van der Waals surface area contributed by atoms with Gasteiger partial charge in [0.2, 0.25) is 0 Å². The summed E-state index contributed by atoms with van der Waals surface area (Å²) in [4.78, 5) is 10.6. The molecule has 0 amide bonds. The molecule has 0 aliphatic carbocycles. The number of rotatable bonds is 8. The Bertz CT molecular complexity index is 460. The van der Waals surface area contributed by atoms with Crippen LogP contribution in [0.4, 0.5) is 0 Å². The second-order valence-corrected chi connectivity index (χ2v) is 7.07. The van der Waals surface area contributed by atoms with E-state index in [0.29, 0.717) is 23.2 Å². The van der Waals surface area contributed by atoms with Crippen LogP contribution < -0.4 is 0 Å². The van der Waals surface area contributed by atoms with Crippen molar-refractivity contribution in [3.05, 3.63) is 5.82 Å². The number of aromatic nitrogens is 3. The van der Waals surface area contributed by atoms with Gasteiger partial charge in [-0.05, 0) is 0 Å². The van der Waals surface area contributed by atoms with Crippen molar-refractivity contribution >= 4 is 28.5 Å². The van der Waals surface area contributed by atoms with Gasteiger partial charge in [0.05, 0.1) is 5.75 Å². The molecular formula is C11H19N3O3S2. The lowest BCUT2D eigenvalue weighted by Crippen LogP contribution is -2.14. The Balaban J connectivity index is 2.85. The van der Waals surface area contributed by atoms with Gasteiger partial charge in [-0.2, -0.15) is 0 Å². The van der Waals surface area contributed by atoms with E-state index in [4.69, 9.17) is 5.11 Å². The van der Waals surface area contributed by atoms with E-state index in [9.17, 15) is 9.00 Å². The molecular weight excluding hydrogens is 286 g/mol. The first-order valence-corrected chi connectivity index (χ1v) is 8.55. The van der Waals surface area contributed by atoms with E-state index in [2.05, 4.69) is 10.2 Å². The third kappa shape index (κ3) is 4.94. The van der Waals surface area contributed by atoms with E-state index in [1.54, 1.807) is 0 Å². The molecule has 108 valence electrons. The van der Waals surface area contributed by atoms with Crippen LogP contribution >= 0.6 is 11.8 Å². The fourth-order valence-corrected chi connectivity index (χ4v) is 2.87. The van der Waals surface area contributed by atoms with Crippen molar-refractivity contribution < 1.29 is 14.1 Å². The summed E-state index contributed by atoms with van der Waals surface area (Å²) in [5, 5.41) is 17.4. The number of carboxylic acid groups (broad SMARTS) is 1. The summed E-state index contributed by atoms with van der Waals surface area (Å²) < 4.78 is 13.4. The second-order valence-electron chi connectivity index (χ2n) is 4.26. The van der Waals surface area contributed by atoms with Crippen LogP contribution in [0.1, 0.15) is 32.5 Å². The standard InChI is InChI=1S/C11H19N3O3S2/c1-4-19(17)6-5-14-10(8(2)3)12-13-11(14)18-7-9(15)16/h8H,4-7H2,1-3H3,(H,15,16). The van der Waals surface area contributed by atoms with E-state index in [0.717, 1.165) is 17.6 Å². The van der Waals surface area contributed by atoms with Gasteiger partial charge in [0.1, 0.15) is 5.82 Å². The van der Waals surface area contributed by atoms with Crippen LogP contribution in [-0.4, -0.2) is 47.3 Å². The fourth-order valence-electron chi connectivity index (χ4n) is 1.51. The Morgan fingerprint density at radius 3 is 2.68 bits per heavy atom. The third-order valence-corrected chi connectivity index (χ3v) is 4.68. The largest absolute Gasteiger partial charge is 0.481 e. The zero-order valence-electron chi connectivity index (χ0n) is 11.3. The maximum atomic E-state index is 11.5. The molecule has 1 unspecified atom stereocenters. The molecule has 1 aromatic rings. The van der Waals surface area contributed by atoms with Crippen LogP contribution in [-0.2, 0) is 22.1 Å². The summed E-state index contributed by atoms with van der Waals surface area (Å²) >= 11 is 1.14. The number of hydrogen-bond donors (Lipinski definition) is 1. The van der Waals surface area contributed by atoms with Gasteiger partial charge in [-0.25, -0.2) is 0 Å². The van der Waals surface area contributed by atoms with Crippen LogP contribution in [0.5, 0.6) is 0 Å². The molecule has 0 aliphatic rings. The highest BCUT2D eigenvalue weighted by atomic mass is 32.2. The van der Waals surface area contributed by atoms with Crippen LogP contribution in [0.2, 0.25) is 0 Å². The van der Waals surface area contributed by atoms with Crippen molar-refractivity contribution in [2.45, 2.75) is 38.4 Å². The molecule has 1 aromatic heterocycles. The van der Waals surface area contributed by atoms with Crippen molar-refractivity contribution in [2.75, 3.05) is 17.3 Å². The molecule has 0 aliphatic heterocycles. The zero-order valence-corrected chi connectivity index (χ0v) is 13.0. The normalized spacial score (nSPS) is 12.8. The summed E-state index contributed by atoms with van der Waals surface area (Å²) in [6, 6.07) is 0. The van der Waals surface area contributed by atoms with Gasteiger partial charge in [0.25, 0.3) is 0 Å². The van der Waals surface area contributed by atoms with Crippen LogP contribution in [0.25, 0.3) is 0 Å². The molecule has 8 heteroatoms. The molecule has 0 spiro atoms. The highest BCUT2D eigenvalue weighted by Crippen LogP contribution is 2.21. The monoisotopic (exact) mass is 305 g/mol. The fraction of sp³-hybridized carbons (Fsp3) is 0.727. The van der Waals surface area contributed by atoms with Gasteiger partial charge in [-0.1, -0.05) is 32.5 Å². The molecule has 1 heterocycles. The van der Waals surface area contributed by atoms with Gasteiger partial charge < -0.3 is 9.67 Å². The predicted molar refractivity (Wildman–Crippen MR) is 76.0 cm³/mol. The lowest BCUT2D eigenvalue weighted by molar-refractivity contribution is -0.133. The highest BCUT2D eigenvalue weighted by molar-refractivity contribution is 7.99. The number of aliphatic carboxylic acids is 1. The van der Waals surface area contributed by atoms with Gasteiger partial charge in [-0.15, -0.1) is 10.2 Å². The number of hydrogen-bond acceptors (Lipinski definition) is 5. The van der Waals surface area contributed by atoms with Crippen LogP contribution in [0.3, 0.4) is 0 Å². The van der Waals surface area contributed by atoms with E-state index < -0.39 is 16.8 Å². The first-order valence-electron chi connectivity index (χ1n) is 6.08. The number of carboxylic acids is 1. The SMILES string of the molecule is CCS(=O)CCn1c(SCC(=O)O)nnc1C(C)C. The van der Waals surface area contributed by atoms with Gasteiger partial charge in [0, 0.05) is 34.8 Å². The smallest absolute Gasteiger partial charge is 0.313 e. The van der Waals surface area contributed by atoms with Gasteiger partial charge in [0.15, 0.2) is 5.16 Å². The molecule has 1 rings (SSSR count). The Labute approximate surface area is 119 Å². The molecule has 0 radical (unpaired) electrons. The predicted octanol–water partition coefficient (Wildman–Crippen LogP) is 1.35. The topological polar surface area (TPSA) is 85.1 Å². The first-order chi connectivity index (χ1) is 8.95.